The van der Waals surface area contributed by atoms with E-state index in [1.165, 1.54) is 36.1 Å². The van der Waals surface area contributed by atoms with E-state index in [4.69, 9.17) is 19.4 Å². The Kier molecular flexibility index (Phi) is 6.74. The van der Waals surface area contributed by atoms with Crippen molar-refractivity contribution in [3.63, 3.8) is 0 Å². The number of piperidine rings is 1. The van der Waals surface area contributed by atoms with Gasteiger partial charge in [0.15, 0.2) is 0 Å². The fourth-order valence-electron chi connectivity index (χ4n) is 4.32. The maximum atomic E-state index is 5.74. The number of rotatable bonds is 7. The van der Waals surface area contributed by atoms with Gasteiger partial charge in [0.1, 0.15) is 18.2 Å². The Morgan fingerprint density at radius 3 is 2.97 bits per heavy atom. The summed E-state index contributed by atoms with van der Waals surface area (Å²) in [4.78, 5) is 14.6. The zero-order valence-electron chi connectivity index (χ0n) is 17.6. The van der Waals surface area contributed by atoms with E-state index in [0.29, 0.717) is 19.3 Å². The lowest BCUT2D eigenvalue weighted by Gasteiger charge is -2.32. The van der Waals surface area contributed by atoms with Gasteiger partial charge in [-0.2, -0.15) is 0 Å². The molecule has 0 radical (unpaired) electrons. The van der Waals surface area contributed by atoms with Gasteiger partial charge >= 0.3 is 0 Å². The molecule has 0 aliphatic carbocycles. The number of nitrogens with zero attached hydrogens (tertiary/aromatic N) is 4. The number of hydrogen-bond acceptors (Lipinski definition) is 6. The van der Waals surface area contributed by atoms with Crippen LogP contribution in [0, 0.1) is 0 Å². The molecule has 4 rings (SSSR count). The van der Waals surface area contributed by atoms with E-state index in [2.05, 4.69) is 41.2 Å². The van der Waals surface area contributed by atoms with Crippen LogP contribution >= 0.6 is 0 Å². The molecular weight excluding hydrogens is 364 g/mol. The molecule has 1 atom stereocenters. The molecule has 29 heavy (non-hydrogen) atoms. The number of aromatic nitrogens is 2. The summed E-state index contributed by atoms with van der Waals surface area (Å²) in [6, 6.07) is 8.74. The third kappa shape index (κ3) is 5.13. The van der Waals surface area contributed by atoms with Gasteiger partial charge in [0.05, 0.1) is 12.6 Å². The lowest BCUT2D eigenvalue weighted by atomic mass is 10.0. The quantitative estimate of drug-likeness (QED) is 0.670. The van der Waals surface area contributed by atoms with Crippen LogP contribution in [0.5, 0.6) is 5.75 Å². The Balaban J connectivity index is 1.38. The molecule has 1 saturated heterocycles. The monoisotopic (exact) mass is 396 g/mol. The summed E-state index contributed by atoms with van der Waals surface area (Å²) in [5, 5.41) is 0. The average molecular weight is 397 g/mol. The fraction of sp³-hybridized carbons (Fsp3) is 0.565. The summed E-state index contributed by atoms with van der Waals surface area (Å²) in [5.41, 5.74) is 3.78. The van der Waals surface area contributed by atoms with Crippen LogP contribution in [0.25, 0.3) is 0 Å². The van der Waals surface area contributed by atoms with Gasteiger partial charge in [-0.15, -0.1) is 0 Å². The summed E-state index contributed by atoms with van der Waals surface area (Å²) in [7, 11) is 3.88. The predicted molar refractivity (Wildman–Crippen MR) is 113 cm³/mol. The molecule has 156 valence electrons. The standard InChI is InChI=1S/C23H32N4O2/c1-26-10-4-3-8-22(26)23-24-15-19-17-27(11-9-21(19)25-23)16-18-6-5-7-20(14-18)29-13-12-28-2/h5-7,14-15,22H,3-4,8-13,16-17H2,1-2H3/t22-/m1/s1. The van der Waals surface area contributed by atoms with Gasteiger partial charge < -0.3 is 9.47 Å². The van der Waals surface area contributed by atoms with Crippen molar-refractivity contribution in [1.82, 2.24) is 19.8 Å². The number of benzene rings is 1. The minimum absolute atomic E-state index is 0.382. The smallest absolute Gasteiger partial charge is 0.145 e. The van der Waals surface area contributed by atoms with Gasteiger partial charge in [0.2, 0.25) is 0 Å². The summed E-state index contributed by atoms with van der Waals surface area (Å²) in [6.45, 7) is 5.17. The van der Waals surface area contributed by atoms with Crippen LogP contribution < -0.4 is 4.74 Å². The Hall–Kier alpha value is -2.02. The fourth-order valence-corrected chi connectivity index (χ4v) is 4.32. The molecule has 3 heterocycles. The molecule has 1 aromatic heterocycles. The largest absolute Gasteiger partial charge is 0.491 e. The summed E-state index contributed by atoms with van der Waals surface area (Å²) >= 11 is 0. The van der Waals surface area contributed by atoms with Crippen molar-refractivity contribution in [2.24, 2.45) is 0 Å². The SMILES string of the molecule is COCCOc1cccc(CN2CCc3nc([C@H]4CCCCN4C)ncc3C2)c1. The van der Waals surface area contributed by atoms with Crippen molar-refractivity contribution in [3.05, 3.63) is 53.1 Å². The number of ether oxygens (including phenoxy) is 2. The number of methoxy groups -OCH3 is 1. The second-order valence-corrected chi connectivity index (χ2v) is 8.14. The van der Waals surface area contributed by atoms with Gasteiger partial charge in [0, 0.05) is 50.6 Å². The van der Waals surface area contributed by atoms with Gasteiger partial charge in [-0.25, -0.2) is 9.97 Å². The molecule has 0 bridgehead atoms. The highest BCUT2D eigenvalue weighted by atomic mass is 16.5. The molecular formula is C23H32N4O2. The first-order chi connectivity index (χ1) is 14.2. The average Bonchev–Trinajstić information content (AvgIpc) is 2.74. The first kappa shape index (κ1) is 20.3. The topological polar surface area (TPSA) is 50.7 Å². The van der Waals surface area contributed by atoms with Crippen LogP contribution in [-0.2, 0) is 24.2 Å². The maximum absolute atomic E-state index is 5.74. The summed E-state index contributed by atoms with van der Waals surface area (Å²) in [5.74, 6) is 1.92. The maximum Gasteiger partial charge on any atom is 0.145 e. The zero-order valence-corrected chi connectivity index (χ0v) is 17.6. The van der Waals surface area contributed by atoms with E-state index in [1.54, 1.807) is 7.11 Å². The van der Waals surface area contributed by atoms with E-state index < -0.39 is 0 Å². The molecule has 2 aromatic rings. The second kappa shape index (κ2) is 9.65. The zero-order chi connectivity index (χ0) is 20.1. The van der Waals surface area contributed by atoms with Crippen LogP contribution in [0.4, 0.5) is 0 Å². The molecule has 0 amide bonds. The van der Waals surface area contributed by atoms with Crippen LogP contribution in [-0.4, -0.2) is 60.2 Å². The first-order valence-electron chi connectivity index (χ1n) is 10.7. The van der Waals surface area contributed by atoms with E-state index in [0.717, 1.165) is 44.2 Å². The molecule has 0 spiro atoms. The Morgan fingerprint density at radius 1 is 1.17 bits per heavy atom. The molecule has 0 saturated carbocycles. The van der Waals surface area contributed by atoms with Crippen molar-refractivity contribution in [2.75, 3.05) is 40.5 Å². The number of hydrogen-bond donors (Lipinski definition) is 0. The van der Waals surface area contributed by atoms with Crippen molar-refractivity contribution >= 4 is 0 Å². The highest BCUT2D eigenvalue weighted by molar-refractivity contribution is 5.29. The summed E-state index contributed by atoms with van der Waals surface area (Å²) in [6.07, 6.45) is 6.79. The molecule has 6 heteroatoms. The third-order valence-corrected chi connectivity index (χ3v) is 5.96. The molecule has 2 aliphatic heterocycles. The highest BCUT2D eigenvalue weighted by Crippen LogP contribution is 2.28. The Labute approximate surface area is 173 Å². The number of fused-ring (bicyclic) bond motifs is 1. The first-order valence-corrected chi connectivity index (χ1v) is 10.7. The molecule has 1 aromatic carbocycles. The Morgan fingerprint density at radius 2 is 2.10 bits per heavy atom. The van der Waals surface area contributed by atoms with Crippen molar-refractivity contribution in [3.8, 4) is 5.75 Å². The minimum atomic E-state index is 0.382. The van der Waals surface area contributed by atoms with Crippen molar-refractivity contribution < 1.29 is 9.47 Å². The van der Waals surface area contributed by atoms with Gasteiger partial charge in [0.25, 0.3) is 0 Å². The molecule has 0 unspecified atom stereocenters. The van der Waals surface area contributed by atoms with Crippen LogP contribution in [0.2, 0.25) is 0 Å². The highest BCUT2D eigenvalue weighted by Gasteiger charge is 2.25. The summed E-state index contributed by atoms with van der Waals surface area (Å²) < 4.78 is 10.8. The van der Waals surface area contributed by atoms with Gasteiger partial charge in [-0.1, -0.05) is 18.6 Å². The van der Waals surface area contributed by atoms with Crippen molar-refractivity contribution in [2.45, 2.75) is 44.8 Å². The predicted octanol–water partition coefficient (Wildman–Crippen LogP) is 3.22. The van der Waals surface area contributed by atoms with E-state index in [1.807, 2.05) is 6.07 Å². The van der Waals surface area contributed by atoms with Gasteiger partial charge in [-0.05, 0) is 44.1 Å². The lowest BCUT2D eigenvalue weighted by Crippen LogP contribution is -2.33. The molecule has 6 nitrogen and oxygen atoms in total. The third-order valence-electron chi connectivity index (χ3n) is 5.96. The molecule has 0 N–H and O–H groups in total. The molecule has 1 fully saturated rings. The molecule has 2 aliphatic rings. The van der Waals surface area contributed by atoms with E-state index >= 15 is 0 Å². The second-order valence-electron chi connectivity index (χ2n) is 8.14. The minimum Gasteiger partial charge on any atom is -0.491 e. The van der Waals surface area contributed by atoms with E-state index in [-0.39, 0.29) is 0 Å². The van der Waals surface area contributed by atoms with Crippen LogP contribution in [0.15, 0.2) is 30.5 Å². The lowest BCUT2D eigenvalue weighted by molar-refractivity contribution is 0.146. The van der Waals surface area contributed by atoms with Crippen molar-refractivity contribution in [1.29, 1.82) is 0 Å². The van der Waals surface area contributed by atoms with Crippen LogP contribution in [0.3, 0.4) is 0 Å². The van der Waals surface area contributed by atoms with Gasteiger partial charge in [-0.3, -0.25) is 9.80 Å². The number of likely N-dealkylation sites (tertiary alicyclic amines) is 1. The normalized spacial score (nSPS) is 20.4. The van der Waals surface area contributed by atoms with E-state index in [9.17, 15) is 0 Å². The van der Waals surface area contributed by atoms with Crippen LogP contribution in [0.1, 0.15) is 47.9 Å². The Bertz CT molecular complexity index is 813.